The molecule has 0 unspecified atom stereocenters. The summed E-state index contributed by atoms with van der Waals surface area (Å²) < 4.78 is 16.8. The number of esters is 3. The number of ether oxygens (including phenoxy) is 3. The van der Waals surface area contributed by atoms with Gasteiger partial charge in [-0.3, -0.25) is 14.4 Å². The van der Waals surface area contributed by atoms with Crippen molar-refractivity contribution in [1.82, 2.24) is 0 Å². The number of carbonyl (C=O) groups is 3. The second-order valence-corrected chi connectivity index (χ2v) is 18.9. The van der Waals surface area contributed by atoms with Gasteiger partial charge in [-0.2, -0.15) is 0 Å². The third-order valence-corrected chi connectivity index (χ3v) is 12.5. The fourth-order valence-corrected chi connectivity index (χ4v) is 8.24. The number of carbonyl (C=O) groups excluding carboxylic acids is 3. The van der Waals surface area contributed by atoms with Crippen molar-refractivity contribution in [2.75, 3.05) is 13.2 Å². The van der Waals surface area contributed by atoms with E-state index in [-0.39, 0.29) is 31.1 Å². The molecule has 0 aliphatic carbocycles. The third kappa shape index (κ3) is 50.7. The number of hydrogen-bond donors (Lipinski definition) is 0. The minimum atomic E-state index is -0.772. The second-order valence-electron chi connectivity index (χ2n) is 18.9. The number of allylic oxidation sites excluding steroid dienone is 4. The smallest absolute Gasteiger partial charge is 0.306 e. The molecular formula is C57H106O6. The average molecular weight is 887 g/mol. The van der Waals surface area contributed by atoms with E-state index in [1.807, 2.05) is 0 Å². The first-order chi connectivity index (χ1) is 31.0. The molecular weight excluding hydrogens is 781 g/mol. The SMILES string of the molecule is CCCCC/C=C\C/C=C\CCCCCCCC(=O)O[C@@H](COC(=O)CCCCCCCCCCCCC)COC(=O)CCCCCCCCCCCCCCCCCCCCC. The van der Waals surface area contributed by atoms with E-state index >= 15 is 0 Å². The van der Waals surface area contributed by atoms with Gasteiger partial charge in [0.1, 0.15) is 13.2 Å². The van der Waals surface area contributed by atoms with E-state index < -0.39 is 6.10 Å². The van der Waals surface area contributed by atoms with Gasteiger partial charge in [-0.1, -0.05) is 257 Å². The highest BCUT2D eigenvalue weighted by molar-refractivity contribution is 5.71. The van der Waals surface area contributed by atoms with Crippen LogP contribution in [0.3, 0.4) is 0 Å². The molecule has 0 aromatic heterocycles. The fourth-order valence-electron chi connectivity index (χ4n) is 8.24. The van der Waals surface area contributed by atoms with Gasteiger partial charge >= 0.3 is 17.9 Å². The van der Waals surface area contributed by atoms with Gasteiger partial charge in [0.2, 0.25) is 0 Å². The van der Waals surface area contributed by atoms with Crippen LogP contribution >= 0.6 is 0 Å². The van der Waals surface area contributed by atoms with E-state index in [2.05, 4.69) is 45.1 Å². The normalized spacial score (nSPS) is 12.1. The van der Waals surface area contributed by atoms with E-state index in [1.54, 1.807) is 0 Å². The van der Waals surface area contributed by atoms with Crippen molar-refractivity contribution in [2.24, 2.45) is 0 Å². The molecule has 0 aliphatic heterocycles. The fraction of sp³-hybridized carbons (Fsp3) is 0.877. The van der Waals surface area contributed by atoms with Crippen molar-refractivity contribution >= 4 is 17.9 Å². The van der Waals surface area contributed by atoms with Crippen molar-refractivity contribution in [3.05, 3.63) is 24.3 Å². The molecule has 6 heteroatoms. The van der Waals surface area contributed by atoms with E-state index in [1.165, 1.54) is 186 Å². The molecule has 370 valence electrons. The van der Waals surface area contributed by atoms with Crippen LogP contribution in [0.2, 0.25) is 0 Å². The summed E-state index contributed by atoms with van der Waals surface area (Å²) in [5.41, 5.74) is 0. The first-order valence-corrected chi connectivity index (χ1v) is 27.8. The van der Waals surface area contributed by atoms with Gasteiger partial charge in [0, 0.05) is 19.3 Å². The Labute approximate surface area is 392 Å². The van der Waals surface area contributed by atoms with Crippen LogP contribution in [0, 0.1) is 0 Å². The zero-order valence-electron chi connectivity index (χ0n) is 42.4. The third-order valence-electron chi connectivity index (χ3n) is 12.5. The molecule has 0 rings (SSSR count). The van der Waals surface area contributed by atoms with Crippen molar-refractivity contribution in [3.8, 4) is 0 Å². The molecule has 0 aromatic rings. The minimum absolute atomic E-state index is 0.0718. The summed E-state index contributed by atoms with van der Waals surface area (Å²) in [5, 5.41) is 0. The van der Waals surface area contributed by atoms with Gasteiger partial charge in [-0.05, 0) is 51.4 Å². The highest BCUT2D eigenvalue weighted by atomic mass is 16.6. The lowest BCUT2D eigenvalue weighted by atomic mass is 10.0. The summed E-state index contributed by atoms with van der Waals surface area (Å²) in [7, 11) is 0. The lowest BCUT2D eigenvalue weighted by molar-refractivity contribution is -0.167. The maximum Gasteiger partial charge on any atom is 0.306 e. The van der Waals surface area contributed by atoms with Gasteiger partial charge in [0.05, 0.1) is 0 Å². The molecule has 0 radical (unpaired) electrons. The molecule has 1 atom stereocenters. The topological polar surface area (TPSA) is 78.9 Å². The van der Waals surface area contributed by atoms with E-state index in [0.717, 1.165) is 77.0 Å². The molecule has 0 fully saturated rings. The molecule has 63 heavy (non-hydrogen) atoms. The van der Waals surface area contributed by atoms with Crippen LogP contribution in [-0.2, 0) is 28.6 Å². The highest BCUT2D eigenvalue weighted by Crippen LogP contribution is 2.17. The Hall–Kier alpha value is -2.11. The maximum absolute atomic E-state index is 12.8. The molecule has 0 aromatic carbocycles. The Kier molecular flexibility index (Phi) is 50.8. The standard InChI is InChI=1S/C57H106O6/c1-4-7-10-13-16-19-22-24-26-27-28-29-31-32-35-38-41-44-47-50-56(59)62-53-54(52-61-55(58)49-46-43-40-37-34-21-18-15-12-9-6-3)63-57(60)51-48-45-42-39-36-33-30-25-23-20-17-14-11-8-5-2/h17,20,25,30,54H,4-16,18-19,21-24,26-29,31-53H2,1-3H3/b20-17-,30-25-/t54-/m0/s1. The molecule has 0 spiro atoms. The van der Waals surface area contributed by atoms with Gasteiger partial charge in [0.25, 0.3) is 0 Å². The van der Waals surface area contributed by atoms with E-state index in [9.17, 15) is 14.4 Å². The molecule has 6 nitrogen and oxygen atoms in total. The lowest BCUT2D eigenvalue weighted by Gasteiger charge is -2.18. The quantitative estimate of drug-likeness (QED) is 0.0262. The highest BCUT2D eigenvalue weighted by Gasteiger charge is 2.19. The van der Waals surface area contributed by atoms with Crippen LogP contribution in [0.15, 0.2) is 24.3 Å². The van der Waals surface area contributed by atoms with E-state index in [0.29, 0.717) is 19.3 Å². The summed E-state index contributed by atoms with van der Waals surface area (Å²) in [6.07, 6.45) is 60.2. The Morgan fingerprint density at radius 2 is 0.571 bits per heavy atom. The van der Waals surface area contributed by atoms with Crippen molar-refractivity contribution < 1.29 is 28.6 Å². The zero-order chi connectivity index (χ0) is 45.8. The Morgan fingerprint density at radius 3 is 0.905 bits per heavy atom. The number of hydrogen-bond acceptors (Lipinski definition) is 6. The maximum atomic E-state index is 12.8. The summed E-state index contributed by atoms with van der Waals surface area (Å²) in [4.78, 5) is 38.0. The number of unbranched alkanes of at least 4 members (excludes halogenated alkanes) is 36. The first kappa shape index (κ1) is 60.9. The largest absolute Gasteiger partial charge is 0.462 e. The Bertz CT molecular complexity index is 1020. The monoisotopic (exact) mass is 887 g/mol. The second kappa shape index (κ2) is 52.5. The summed E-state index contributed by atoms with van der Waals surface area (Å²) in [5.74, 6) is -0.868. The van der Waals surface area contributed by atoms with Gasteiger partial charge < -0.3 is 14.2 Å². The van der Waals surface area contributed by atoms with Crippen LogP contribution in [-0.4, -0.2) is 37.2 Å². The minimum Gasteiger partial charge on any atom is -0.462 e. The van der Waals surface area contributed by atoms with Gasteiger partial charge in [0.15, 0.2) is 6.10 Å². The van der Waals surface area contributed by atoms with Gasteiger partial charge in [-0.15, -0.1) is 0 Å². The molecule has 0 amide bonds. The predicted molar refractivity (Wildman–Crippen MR) is 270 cm³/mol. The summed E-state index contributed by atoms with van der Waals surface area (Å²) >= 11 is 0. The van der Waals surface area contributed by atoms with Crippen LogP contribution in [0.4, 0.5) is 0 Å². The van der Waals surface area contributed by atoms with Crippen LogP contribution < -0.4 is 0 Å². The van der Waals surface area contributed by atoms with Crippen molar-refractivity contribution in [2.45, 2.75) is 309 Å². The van der Waals surface area contributed by atoms with Crippen LogP contribution in [0.25, 0.3) is 0 Å². The average Bonchev–Trinajstić information content (AvgIpc) is 3.28. The van der Waals surface area contributed by atoms with Gasteiger partial charge in [-0.25, -0.2) is 0 Å². The first-order valence-electron chi connectivity index (χ1n) is 27.8. The Balaban J connectivity index is 4.29. The Morgan fingerprint density at radius 1 is 0.317 bits per heavy atom. The molecule has 0 bridgehead atoms. The lowest BCUT2D eigenvalue weighted by Crippen LogP contribution is -2.30. The molecule has 0 saturated carbocycles. The predicted octanol–water partition coefficient (Wildman–Crippen LogP) is 18.3. The van der Waals surface area contributed by atoms with Crippen molar-refractivity contribution in [1.29, 1.82) is 0 Å². The summed E-state index contributed by atoms with van der Waals surface area (Å²) in [6, 6.07) is 0. The molecule has 0 saturated heterocycles. The van der Waals surface area contributed by atoms with Crippen LogP contribution in [0.5, 0.6) is 0 Å². The van der Waals surface area contributed by atoms with Crippen molar-refractivity contribution in [3.63, 3.8) is 0 Å². The van der Waals surface area contributed by atoms with E-state index in [4.69, 9.17) is 14.2 Å². The number of rotatable bonds is 51. The summed E-state index contributed by atoms with van der Waals surface area (Å²) in [6.45, 7) is 6.64. The zero-order valence-corrected chi connectivity index (χ0v) is 42.4. The molecule has 0 N–H and O–H groups in total. The molecule has 0 aliphatic rings. The molecule has 0 heterocycles. The van der Waals surface area contributed by atoms with Crippen LogP contribution in [0.1, 0.15) is 303 Å².